The molecule has 0 bridgehead atoms. The number of nitrogens with zero attached hydrogens (tertiary/aromatic N) is 3. The lowest BCUT2D eigenvalue weighted by Gasteiger charge is -2.17. The molecule has 0 aliphatic rings. The first-order valence-corrected chi connectivity index (χ1v) is 12.6. The van der Waals surface area contributed by atoms with Gasteiger partial charge in [-0.15, -0.1) is 0 Å². The molecule has 206 valence electrons. The standard InChI is InChI=1S/C24H16F7N3O4S/c1-2-39(36,37)19-9-15(13-4-7-17(8-5-13)38-24(30,31)22(25)26)11-32-20(19)34-21(35)18-10-16(23(27,28)29)6-3-14(18)12-33-34/h3-12,22H,2H2,1H3. The summed E-state index contributed by atoms with van der Waals surface area (Å²) in [7, 11) is -4.10. The number of pyridine rings is 1. The zero-order chi connectivity index (χ0) is 28.8. The Morgan fingerprint density at radius 3 is 2.21 bits per heavy atom. The number of ether oxygens (including phenoxy) is 1. The maximum Gasteiger partial charge on any atom is 0.461 e. The summed E-state index contributed by atoms with van der Waals surface area (Å²) in [6.07, 6.45) is -11.3. The molecule has 7 nitrogen and oxygen atoms in total. The van der Waals surface area contributed by atoms with E-state index in [0.717, 1.165) is 42.7 Å². The molecule has 0 fully saturated rings. The summed E-state index contributed by atoms with van der Waals surface area (Å²) in [6.45, 7) is 1.31. The molecule has 15 heteroatoms. The quantitative estimate of drug-likeness (QED) is 0.271. The van der Waals surface area contributed by atoms with Gasteiger partial charge in [-0.05, 0) is 35.9 Å². The van der Waals surface area contributed by atoms with Gasteiger partial charge in [0, 0.05) is 17.1 Å². The molecule has 0 saturated heterocycles. The topological polar surface area (TPSA) is 91.2 Å². The molecular formula is C24H16F7N3O4S. The van der Waals surface area contributed by atoms with Crippen LogP contribution in [-0.4, -0.2) is 41.5 Å². The Morgan fingerprint density at radius 1 is 0.949 bits per heavy atom. The highest BCUT2D eigenvalue weighted by atomic mass is 32.2. The second-order valence-corrected chi connectivity index (χ2v) is 10.3. The lowest BCUT2D eigenvalue weighted by Crippen LogP contribution is -2.33. The van der Waals surface area contributed by atoms with E-state index in [4.69, 9.17) is 0 Å². The Labute approximate surface area is 215 Å². The van der Waals surface area contributed by atoms with E-state index >= 15 is 0 Å². The Bertz CT molecular complexity index is 1700. The second-order valence-electron chi connectivity index (χ2n) is 8.10. The molecule has 0 aliphatic heterocycles. The average molecular weight is 575 g/mol. The molecule has 0 aliphatic carbocycles. The minimum atomic E-state index is -4.73. The van der Waals surface area contributed by atoms with Crippen LogP contribution in [0.15, 0.2) is 70.6 Å². The first kappa shape index (κ1) is 28.0. The maximum atomic E-state index is 13.2. The minimum absolute atomic E-state index is 0.0838. The molecule has 0 N–H and O–H groups in total. The first-order valence-electron chi connectivity index (χ1n) is 10.9. The number of sulfone groups is 1. The molecule has 4 rings (SSSR count). The fourth-order valence-corrected chi connectivity index (χ4v) is 4.56. The maximum absolute atomic E-state index is 13.2. The summed E-state index contributed by atoms with van der Waals surface area (Å²) in [4.78, 5) is 16.7. The van der Waals surface area contributed by atoms with E-state index < -0.39 is 61.9 Å². The van der Waals surface area contributed by atoms with Crippen molar-refractivity contribution < 1.29 is 43.9 Å². The number of fused-ring (bicyclic) bond motifs is 1. The first-order chi connectivity index (χ1) is 18.1. The van der Waals surface area contributed by atoms with Crippen molar-refractivity contribution in [3.05, 3.63) is 76.8 Å². The molecule has 39 heavy (non-hydrogen) atoms. The number of aromatic nitrogens is 3. The van der Waals surface area contributed by atoms with Crippen molar-refractivity contribution in [2.75, 3.05) is 5.75 Å². The highest BCUT2D eigenvalue weighted by molar-refractivity contribution is 7.91. The second kappa shape index (κ2) is 9.94. The molecule has 0 atom stereocenters. The molecule has 0 amide bonds. The van der Waals surface area contributed by atoms with Crippen LogP contribution in [0.25, 0.3) is 27.7 Å². The van der Waals surface area contributed by atoms with Crippen LogP contribution in [0.5, 0.6) is 5.75 Å². The van der Waals surface area contributed by atoms with Crippen molar-refractivity contribution in [2.24, 2.45) is 0 Å². The third-order valence-corrected chi connectivity index (χ3v) is 7.29. The highest BCUT2D eigenvalue weighted by Gasteiger charge is 2.44. The molecule has 2 aromatic heterocycles. The molecule has 0 radical (unpaired) electrons. The normalized spacial score (nSPS) is 12.7. The van der Waals surface area contributed by atoms with Crippen molar-refractivity contribution in [1.29, 1.82) is 0 Å². The van der Waals surface area contributed by atoms with Gasteiger partial charge >= 0.3 is 18.7 Å². The number of hydrogen-bond donors (Lipinski definition) is 0. The Hall–Kier alpha value is -4.01. The average Bonchev–Trinajstić information content (AvgIpc) is 2.88. The van der Waals surface area contributed by atoms with Gasteiger partial charge in [-0.25, -0.2) is 13.4 Å². The number of benzene rings is 2. The van der Waals surface area contributed by atoms with Gasteiger partial charge in [-0.1, -0.05) is 25.1 Å². The third-order valence-electron chi connectivity index (χ3n) is 5.56. The molecule has 2 heterocycles. The molecular weight excluding hydrogens is 559 g/mol. The SMILES string of the molecule is CCS(=O)(=O)c1cc(-c2ccc(OC(F)(F)C(F)F)cc2)cnc1-n1ncc2ccc(C(F)(F)F)cc2c1=O. The zero-order valence-electron chi connectivity index (χ0n) is 19.6. The van der Waals surface area contributed by atoms with Crippen LogP contribution < -0.4 is 10.3 Å². The van der Waals surface area contributed by atoms with Crippen LogP contribution in [0.3, 0.4) is 0 Å². The van der Waals surface area contributed by atoms with Crippen LogP contribution >= 0.6 is 0 Å². The van der Waals surface area contributed by atoms with Gasteiger partial charge in [0.15, 0.2) is 15.7 Å². The predicted octanol–water partition coefficient (Wildman–Crippen LogP) is 5.50. The third kappa shape index (κ3) is 5.57. The van der Waals surface area contributed by atoms with Gasteiger partial charge in [0.2, 0.25) is 0 Å². The van der Waals surface area contributed by atoms with E-state index in [1.807, 2.05) is 0 Å². The lowest BCUT2D eigenvalue weighted by atomic mass is 10.1. The zero-order valence-corrected chi connectivity index (χ0v) is 20.4. The van der Waals surface area contributed by atoms with Gasteiger partial charge in [0.05, 0.1) is 22.9 Å². The van der Waals surface area contributed by atoms with Gasteiger partial charge in [0.25, 0.3) is 5.56 Å². The number of rotatable bonds is 7. The molecule has 2 aromatic carbocycles. The van der Waals surface area contributed by atoms with Crippen molar-refractivity contribution in [2.45, 2.75) is 30.5 Å². The summed E-state index contributed by atoms with van der Waals surface area (Å²) in [5.74, 6) is -1.50. The summed E-state index contributed by atoms with van der Waals surface area (Å²) in [5.41, 5.74) is -1.78. The largest absolute Gasteiger partial charge is 0.461 e. The fourth-order valence-electron chi connectivity index (χ4n) is 3.52. The van der Waals surface area contributed by atoms with Gasteiger partial charge in [-0.2, -0.15) is 40.5 Å². The van der Waals surface area contributed by atoms with E-state index in [-0.39, 0.29) is 21.9 Å². The summed E-state index contributed by atoms with van der Waals surface area (Å²) >= 11 is 0. The lowest BCUT2D eigenvalue weighted by molar-refractivity contribution is -0.253. The van der Waals surface area contributed by atoms with Crippen LogP contribution in [-0.2, 0) is 16.0 Å². The molecule has 0 spiro atoms. The number of alkyl halides is 7. The van der Waals surface area contributed by atoms with Gasteiger partial charge in [-0.3, -0.25) is 4.79 Å². The van der Waals surface area contributed by atoms with Crippen molar-refractivity contribution >= 4 is 20.6 Å². The van der Waals surface area contributed by atoms with Gasteiger partial charge < -0.3 is 4.74 Å². The van der Waals surface area contributed by atoms with Crippen LogP contribution in [0.2, 0.25) is 0 Å². The minimum Gasteiger partial charge on any atom is -0.428 e. The van der Waals surface area contributed by atoms with E-state index in [1.165, 1.54) is 19.1 Å². The van der Waals surface area contributed by atoms with Crippen molar-refractivity contribution in [3.63, 3.8) is 0 Å². The molecule has 4 aromatic rings. The van der Waals surface area contributed by atoms with Crippen LogP contribution in [0.1, 0.15) is 12.5 Å². The number of halogens is 7. The monoisotopic (exact) mass is 575 g/mol. The summed E-state index contributed by atoms with van der Waals surface area (Å²) < 4.78 is 121. The smallest absolute Gasteiger partial charge is 0.428 e. The number of hydrogen-bond acceptors (Lipinski definition) is 6. The fraction of sp³-hybridized carbons (Fsp3) is 0.208. The Kier molecular flexibility index (Phi) is 7.14. The summed E-state index contributed by atoms with van der Waals surface area (Å²) in [5, 5.41) is 3.60. The van der Waals surface area contributed by atoms with E-state index in [2.05, 4.69) is 14.8 Å². The molecule has 0 saturated carbocycles. The van der Waals surface area contributed by atoms with E-state index in [1.54, 1.807) is 0 Å². The van der Waals surface area contributed by atoms with E-state index in [0.29, 0.717) is 10.7 Å². The van der Waals surface area contributed by atoms with Crippen molar-refractivity contribution in [3.8, 4) is 22.7 Å². The Morgan fingerprint density at radius 2 is 1.62 bits per heavy atom. The van der Waals surface area contributed by atoms with Crippen LogP contribution in [0.4, 0.5) is 30.7 Å². The van der Waals surface area contributed by atoms with Crippen LogP contribution in [0, 0.1) is 0 Å². The molecule has 0 unspecified atom stereocenters. The summed E-state index contributed by atoms with van der Waals surface area (Å²) in [6, 6.07) is 7.88. The predicted molar refractivity (Wildman–Crippen MR) is 125 cm³/mol. The van der Waals surface area contributed by atoms with Gasteiger partial charge in [0.1, 0.15) is 10.6 Å². The van der Waals surface area contributed by atoms with E-state index in [9.17, 15) is 43.9 Å². The highest BCUT2D eigenvalue weighted by Crippen LogP contribution is 2.32. The van der Waals surface area contributed by atoms with Crippen molar-refractivity contribution in [1.82, 2.24) is 14.8 Å². The Balaban J connectivity index is 1.82.